The van der Waals surface area contributed by atoms with Crippen LogP contribution in [-0.4, -0.2) is 61.6 Å². The summed E-state index contributed by atoms with van der Waals surface area (Å²) in [5.74, 6) is 0.229. The third-order valence-electron chi connectivity index (χ3n) is 6.06. The van der Waals surface area contributed by atoms with Gasteiger partial charge >= 0.3 is 6.03 Å². The molecule has 0 aliphatic carbocycles. The summed E-state index contributed by atoms with van der Waals surface area (Å²) in [6.07, 6.45) is 3.44. The first kappa shape index (κ1) is 19.7. The van der Waals surface area contributed by atoms with Crippen LogP contribution in [0.1, 0.15) is 36.8 Å². The number of piperidine rings is 2. The Balaban J connectivity index is 1.57. The normalized spacial score (nSPS) is 19.4. The van der Waals surface area contributed by atoms with Crippen molar-refractivity contribution in [2.45, 2.75) is 39.5 Å². The minimum Gasteiger partial charge on any atom is -0.383 e. The van der Waals surface area contributed by atoms with Crippen molar-refractivity contribution >= 4 is 17.6 Å². The van der Waals surface area contributed by atoms with E-state index in [1.54, 1.807) is 7.11 Å². The number of carbonyl (C=O) groups is 2. The summed E-state index contributed by atoms with van der Waals surface area (Å²) < 4.78 is 5.14. The van der Waals surface area contributed by atoms with Crippen LogP contribution in [0, 0.1) is 19.3 Å². The zero-order valence-corrected chi connectivity index (χ0v) is 16.7. The summed E-state index contributed by atoms with van der Waals surface area (Å²) in [6.45, 7) is 7.54. The van der Waals surface area contributed by atoms with Crippen LogP contribution in [0.5, 0.6) is 0 Å². The predicted octanol–water partition coefficient (Wildman–Crippen LogP) is 3.19. The molecule has 0 bridgehead atoms. The average molecular weight is 373 g/mol. The molecule has 1 aromatic carbocycles. The van der Waals surface area contributed by atoms with Gasteiger partial charge in [0.2, 0.25) is 5.91 Å². The lowest BCUT2D eigenvalue weighted by atomic mass is 9.72. The molecule has 27 heavy (non-hydrogen) atoms. The van der Waals surface area contributed by atoms with Crippen LogP contribution in [-0.2, 0) is 9.53 Å². The molecule has 2 saturated heterocycles. The van der Waals surface area contributed by atoms with Gasteiger partial charge < -0.3 is 19.9 Å². The number of carbonyl (C=O) groups excluding carboxylic acids is 2. The second-order valence-corrected chi connectivity index (χ2v) is 8.04. The fourth-order valence-electron chi connectivity index (χ4n) is 4.16. The summed E-state index contributed by atoms with van der Waals surface area (Å²) in [7, 11) is 1.66. The van der Waals surface area contributed by atoms with E-state index in [0.717, 1.165) is 55.7 Å². The van der Waals surface area contributed by atoms with E-state index < -0.39 is 0 Å². The molecule has 2 heterocycles. The molecule has 3 rings (SSSR count). The van der Waals surface area contributed by atoms with E-state index in [1.807, 2.05) is 35.8 Å². The van der Waals surface area contributed by atoms with Crippen LogP contribution < -0.4 is 5.32 Å². The Morgan fingerprint density at radius 1 is 1.22 bits per heavy atom. The zero-order valence-electron chi connectivity index (χ0n) is 16.7. The van der Waals surface area contributed by atoms with Crippen molar-refractivity contribution in [2.75, 3.05) is 45.2 Å². The highest BCUT2D eigenvalue weighted by atomic mass is 16.5. The summed E-state index contributed by atoms with van der Waals surface area (Å²) in [5.41, 5.74) is 3.24. The number of benzene rings is 1. The van der Waals surface area contributed by atoms with Gasteiger partial charge in [0.1, 0.15) is 0 Å². The second kappa shape index (κ2) is 8.30. The highest BCUT2D eigenvalue weighted by Gasteiger charge is 2.41. The van der Waals surface area contributed by atoms with E-state index >= 15 is 0 Å². The summed E-state index contributed by atoms with van der Waals surface area (Å²) >= 11 is 0. The van der Waals surface area contributed by atoms with Crippen molar-refractivity contribution in [3.8, 4) is 0 Å². The van der Waals surface area contributed by atoms with Crippen LogP contribution in [0.3, 0.4) is 0 Å². The van der Waals surface area contributed by atoms with Crippen molar-refractivity contribution in [3.63, 3.8) is 0 Å². The number of methoxy groups -OCH3 is 1. The molecule has 0 aromatic heterocycles. The van der Waals surface area contributed by atoms with Gasteiger partial charge in [-0.25, -0.2) is 4.79 Å². The van der Waals surface area contributed by atoms with Gasteiger partial charge in [-0.2, -0.15) is 0 Å². The lowest BCUT2D eigenvalue weighted by Gasteiger charge is -2.47. The molecule has 0 radical (unpaired) electrons. The number of urea groups is 1. The lowest BCUT2D eigenvalue weighted by molar-refractivity contribution is -0.139. The maximum Gasteiger partial charge on any atom is 0.321 e. The molecule has 2 fully saturated rings. The second-order valence-electron chi connectivity index (χ2n) is 8.04. The first-order valence-corrected chi connectivity index (χ1v) is 9.82. The standard InChI is InChI=1S/C21H31N3O3/c1-16-4-5-17(2)18(14-16)22-20(26)23-10-8-21(9-11-23)7-6-19(25)24(15-21)12-13-27-3/h4-5,14H,6-13,15H2,1-3H3,(H,22,26). The first-order valence-electron chi connectivity index (χ1n) is 9.82. The Hall–Kier alpha value is -2.08. The molecule has 0 unspecified atom stereocenters. The van der Waals surface area contributed by atoms with E-state index in [0.29, 0.717) is 19.6 Å². The highest BCUT2D eigenvalue weighted by molar-refractivity contribution is 5.90. The molecular formula is C21H31N3O3. The topological polar surface area (TPSA) is 61.9 Å². The third kappa shape index (κ3) is 4.61. The SMILES string of the molecule is COCCN1CC2(CCC1=O)CCN(C(=O)Nc1cc(C)ccc1C)CC2. The molecule has 1 spiro atoms. The summed E-state index contributed by atoms with van der Waals surface area (Å²) in [5, 5.41) is 3.06. The Morgan fingerprint density at radius 2 is 1.96 bits per heavy atom. The number of hydrogen-bond acceptors (Lipinski definition) is 3. The molecule has 1 aromatic rings. The van der Waals surface area contributed by atoms with E-state index in [4.69, 9.17) is 4.74 Å². The summed E-state index contributed by atoms with van der Waals surface area (Å²) in [4.78, 5) is 28.7. The maximum atomic E-state index is 12.7. The Morgan fingerprint density at radius 3 is 2.67 bits per heavy atom. The van der Waals surface area contributed by atoms with Gasteiger partial charge in [0.15, 0.2) is 0 Å². The molecule has 0 atom stereocenters. The number of rotatable bonds is 4. The number of nitrogens with zero attached hydrogens (tertiary/aromatic N) is 2. The van der Waals surface area contributed by atoms with E-state index in [-0.39, 0.29) is 17.4 Å². The molecule has 3 amide bonds. The van der Waals surface area contributed by atoms with Crippen LogP contribution in [0.4, 0.5) is 10.5 Å². The lowest BCUT2D eigenvalue weighted by Crippen LogP contribution is -2.53. The van der Waals surface area contributed by atoms with Crippen molar-refractivity contribution in [1.82, 2.24) is 9.80 Å². The molecule has 1 N–H and O–H groups in total. The number of amides is 3. The van der Waals surface area contributed by atoms with Gasteiger partial charge in [0, 0.05) is 45.4 Å². The molecule has 2 aliphatic rings. The van der Waals surface area contributed by atoms with Gasteiger partial charge in [-0.15, -0.1) is 0 Å². The van der Waals surface area contributed by atoms with Gasteiger partial charge in [-0.3, -0.25) is 4.79 Å². The Kier molecular flexibility index (Phi) is 6.05. The predicted molar refractivity (Wildman–Crippen MR) is 106 cm³/mol. The highest BCUT2D eigenvalue weighted by Crippen LogP contribution is 2.40. The number of ether oxygens (including phenoxy) is 1. The number of nitrogens with one attached hydrogen (secondary N) is 1. The van der Waals surface area contributed by atoms with Crippen molar-refractivity contribution in [2.24, 2.45) is 5.41 Å². The smallest absolute Gasteiger partial charge is 0.321 e. The molecule has 148 valence electrons. The van der Waals surface area contributed by atoms with Crippen LogP contribution >= 0.6 is 0 Å². The van der Waals surface area contributed by atoms with E-state index in [1.165, 1.54) is 0 Å². The molecule has 6 nitrogen and oxygen atoms in total. The maximum absolute atomic E-state index is 12.7. The van der Waals surface area contributed by atoms with Gasteiger partial charge in [0.25, 0.3) is 0 Å². The fourth-order valence-corrected chi connectivity index (χ4v) is 4.16. The zero-order chi connectivity index (χ0) is 19.4. The number of hydrogen-bond donors (Lipinski definition) is 1. The molecule has 2 aliphatic heterocycles. The van der Waals surface area contributed by atoms with Crippen molar-refractivity contribution < 1.29 is 14.3 Å². The van der Waals surface area contributed by atoms with Gasteiger partial charge in [0.05, 0.1) is 6.61 Å². The van der Waals surface area contributed by atoms with Crippen molar-refractivity contribution in [3.05, 3.63) is 29.3 Å². The Labute approximate surface area is 161 Å². The monoisotopic (exact) mass is 373 g/mol. The van der Waals surface area contributed by atoms with Crippen LogP contribution in [0.2, 0.25) is 0 Å². The number of anilines is 1. The van der Waals surface area contributed by atoms with Gasteiger partial charge in [-0.1, -0.05) is 12.1 Å². The van der Waals surface area contributed by atoms with Gasteiger partial charge in [-0.05, 0) is 55.7 Å². The Bertz CT molecular complexity index is 696. The van der Waals surface area contributed by atoms with E-state index in [9.17, 15) is 9.59 Å². The van der Waals surface area contributed by atoms with Crippen LogP contribution in [0.15, 0.2) is 18.2 Å². The van der Waals surface area contributed by atoms with Crippen molar-refractivity contribution in [1.29, 1.82) is 0 Å². The third-order valence-corrected chi connectivity index (χ3v) is 6.06. The number of aryl methyl sites for hydroxylation is 2. The van der Waals surface area contributed by atoms with Crippen LogP contribution in [0.25, 0.3) is 0 Å². The molecule has 6 heteroatoms. The summed E-state index contributed by atoms with van der Waals surface area (Å²) in [6, 6.07) is 6.07. The minimum absolute atomic E-state index is 0.0262. The quantitative estimate of drug-likeness (QED) is 0.882. The number of likely N-dealkylation sites (tertiary alicyclic amines) is 2. The van der Waals surface area contributed by atoms with E-state index in [2.05, 4.69) is 11.4 Å². The average Bonchev–Trinajstić information content (AvgIpc) is 2.66. The first-order chi connectivity index (χ1) is 12.9. The molecular weight excluding hydrogens is 342 g/mol. The molecule has 0 saturated carbocycles. The largest absolute Gasteiger partial charge is 0.383 e. The fraction of sp³-hybridized carbons (Fsp3) is 0.619. The minimum atomic E-state index is -0.0262.